The fourth-order valence-corrected chi connectivity index (χ4v) is 2.72. The van der Waals surface area contributed by atoms with Gasteiger partial charge in [-0.25, -0.2) is 0 Å². The second-order valence-electron chi connectivity index (χ2n) is 5.32. The Labute approximate surface area is 121 Å². The van der Waals surface area contributed by atoms with Crippen molar-refractivity contribution >= 4 is 24.0 Å². The highest BCUT2D eigenvalue weighted by Crippen LogP contribution is 2.28. The monoisotopic (exact) mass is 282 g/mol. The number of nitrogen functional groups attached to an aromatic ring is 1. The number of anilines is 1. The summed E-state index contributed by atoms with van der Waals surface area (Å²) in [5.41, 5.74) is 6.93. The molecule has 1 aliphatic carbocycles. The molecule has 1 saturated carbocycles. The Kier molecular flexibility index (Phi) is 6.16. The zero-order valence-corrected chi connectivity index (χ0v) is 12.2. The molecule has 0 aromatic heterocycles. The molecule has 0 radical (unpaired) electrons. The van der Waals surface area contributed by atoms with Gasteiger partial charge in [0.15, 0.2) is 0 Å². The second-order valence-corrected chi connectivity index (χ2v) is 5.32. The molecule has 1 fully saturated rings. The van der Waals surface area contributed by atoms with Crippen LogP contribution in [0.15, 0.2) is 24.3 Å². The van der Waals surface area contributed by atoms with Crippen molar-refractivity contribution in [2.45, 2.75) is 32.6 Å². The van der Waals surface area contributed by atoms with Crippen molar-refractivity contribution in [3.63, 3.8) is 0 Å². The molecular formula is C15H23ClN2O. The van der Waals surface area contributed by atoms with E-state index < -0.39 is 0 Å². The molecule has 0 bridgehead atoms. The smallest absolute Gasteiger partial charge is 0.253 e. The van der Waals surface area contributed by atoms with E-state index in [9.17, 15) is 4.79 Å². The van der Waals surface area contributed by atoms with Crippen molar-refractivity contribution in [3.8, 4) is 0 Å². The van der Waals surface area contributed by atoms with Crippen molar-refractivity contribution in [2.24, 2.45) is 11.8 Å². The molecule has 0 saturated heterocycles. The van der Waals surface area contributed by atoms with Crippen molar-refractivity contribution in [1.29, 1.82) is 0 Å². The molecular weight excluding hydrogens is 260 g/mol. The molecule has 0 spiro atoms. The van der Waals surface area contributed by atoms with Gasteiger partial charge in [0.2, 0.25) is 0 Å². The molecule has 3 nitrogen and oxygen atoms in total. The van der Waals surface area contributed by atoms with Crippen LogP contribution in [-0.2, 0) is 0 Å². The number of carbonyl (C=O) groups is 1. The minimum Gasteiger partial charge on any atom is -0.398 e. The predicted molar refractivity (Wildman–Crippen MR) is 81.6 cm³/mol. The van der Waals surface area contributed by atoms with E-state index in [1.54, 1.807) is 12.1 Å². The van der Waals surface area contributed by atoms with Crippen molar-refractivity contribution in [1.82, 2.24) is 5.32 Å². The number of rotatable bonds is 3. The molecule has 1 aromatic rings. The molecule has 19 heavy (non-hydrogen) atoms. The summed E-state index contributed by atoms with van der Waals surface area (Å²) in [4.78, 5) is 12.0. The normalized spacial score (nSPS) is 22.4. The van der Waals surface area contributed by atoms with Gasteiger partial charge in [-0.05, 0) is 30.4 Å². The first-order valence-electron chi connectivity index (χ1n) is 6.81. The van der Waals surface area contributed by atoms with Gasteiger partial charge < -0.3 is 11.1 Å². The summed E-state index contributed by atoms with van der Waals surface area (Å²) in [5, 5.41) is 3.02. The maximum Gasteiger partial charge on any atom is 0.253 e. The summed E-state index contributed by atoms with van der Waals surface area (Å²) >= 11 is 0. The molecule has 4 heteroatoms. The summed E-state index contributed by atoms with van der Waals surface area (Å²) in [5.74, 6) is 1.28. The molecule has 106 valence electrons. The van der Waals surface area contributed by atoms with Crippen LogP contribution in [0.25, 0.3) is 0 Å². The lowest BCUT2D eigenvalue weighted by atomic mass is 9.80. The van der Waals surface area contributed by atoms with Crippen LogP contribution in [0.3, 0.4) is 0 Å². The molecule has 2 rings (SSSR count). The van der Waals surface area contributed by atoms with Gasteiger partial charge in [0.1, 0.15) is 0 Å². The minimum absolute atomic E-state index is 0. The Morgan fingerprint density at radius 1 is 1.32 bits per heavy atom. The maximum absolute atomic E-state index is 12.0. The van der Waals surface area contributed by atoms with E-state index in [1.165, 1.54) is 25.7 Å². The van der Waals surface area contributed by atoms with Gasteiger partial charge >= 0.3 is 0 Å². The summed E-state index contributed by atoms with van der Waals surface area (Å²) in [7, 11) is 0. The van der Waals surface area contributed by atoms with Gasteiger partial charge in [0.05, 0.1) is 5.56 Å². The van der Waals surface area contributed by atoms with Gasteiger partial charge in [-0.1, -0.05) is 38.3 Å². The van der Waals surface area contributed by atoms with E-state index in [4.69, 9.17) is 5.73 Å². The number of hydrogen-bond acceptors (Lipinski definition) is 2. The summed E-state index contributed by atoms with van der Waals surface area (Å²) in [6.45, 7) is 3.06. The van der Waals surface area contributed by atoms with Crippen LogP contribution < -0.4 is 11.1 Å². The van der Waals surface area contributed by atoms with Crippen LogP contribution >= 0.6 is 12.4 Å². The van der Waals surface area contributed by atoms with Crippen LogP contribution in [0.4, 0.5) is 5.69 Å². The third kappa shape index (κ3) is 4.13. The molecule has 1 aromatic carbocycles. The van der Waals surface area contributed by atoms with Gasteiger partial charge in [-0.3, -0.25) is 4.79 Å². The average molecular weight is 283 g/mol. The zero-order chi connectivity index (χ0) is 13.0. The number of hydrogen-bond donors (Lipinski definition) is 2. The Balaban J connectivity index is 0.00000180. The Morgan fingerprint density at radius 3 is 2.68 bits per heavy atom. The van der Waals surface area contributed by atoms with Gasteiger partial charge in [0.25, 0.3) is 5.91 Å². The van der Waals surface area contributed by atoms with E-state index in [0.29, 0.717) is 23.1 Å². The highest BCUT2D eigenvalue weighted by Gasteiger charge is 2.21. The number of carbonyl (C=O) groups excluding carboxylic acids is 1. The van der Waals surface area contributed by atoms with E-state index in [-0.39, 0.29) is 18.3 Å². The SMILES string of the molecule is CC1CCCCC1CNC(=O)c1ccccc1N.Cl. The van der Waals surface area contributed by atoms with Crippen LogP contribution in [0.5, 0.6) is 0 Å². The fraction of sp³-hybridized carbons (Fsp3) is 0.533. The van der Waals surface area contributed by atoms with E-state index in [2.05, 4.69) is 12.2 Å². The van der Waals surface area contributed by atoms with Crippen LogP contribution in [0.2, 0.25) is 0 Å². The maximum atomic E-state index is 12.0. The Morgan fingerprint density at radius 2 is 2.00 bits per heavy atom. The van der Waals surface area contributed by atoms with Gasteiger partial charge in [-0.2, -0.15) is 0 Å². The summed E-state index contributed by atoms with van der Waals surface area (Å²) in [6, 6.07) is 7.22. The summed E-state index contributed by atoms with van der Waals surface area (Å²) in [6.07, 6.45) is 5.13. The number of para-hydroxylation sites is 1. The van der Waals surface area contributed by atoms with E-state index in [1.807, 2.05) is 12.1 Å². The van der Waals surface area contributed by atoms with E-state index in [0.717, 1.165) is 6.54 Å². The number of halogens is 1. The third-order valence-electron chi connectivity index (χ3n) is 4.02. The third-order valence-corrected chi connectivity index (χ3v) is 4.02. The standard InChI is InChI=1S/C15H22N2O.ClH/c1-11-6-2-3-7-12(11)10-17-15(18)13-8-4-5-9-14(13)16;/h4-5,8-9,11-12H,2-3,6-7,10,16H2,1H3,(H,17,18);1H. The van der Waals surface area contributed by atoms with Crippen LogP contribution in [0, 0.1) is 11.8 Å². The second kappa shape index (κ2) is 7.39. The Hall–Kier alpha value is -1.22. The molecule has 2 unspecified atom stereocenters. The van der Waals surface area contributed by atoms with Crippen molar-refractivity contribution in [2.75, 3.05) is 12.3 Å². The van der Waals surface area contributed by atoms with Crippen LogP contribution in [0.1, 0.15) is 43.0 Å². The van der Waals surface area contributed by atoms with Gasteiger partial charge in [-0.15, -0.1) is 12.4 Å². The summed E-state index contributed by atoms with van der Waals surface area (Å²) < 4.78 is 0. The number of benzene rings is 1. The first-order valence-corrected chi connectivity index (χ1v) is 6.81. The average Bonchev–Trinajstić information content (AvgIpc) is 2.38. The van der Waals surface area contributed by atoms with Gasteiger partial charge in [0, 0.05) is 12.2 Å². The number of nitrogens with two attached hydrogens (primary N) is 1. The highest BCUT2D eigenvalue weighted by molar-refractivity contribution is 5.99. The largest absolute Gasteiger partial charge is 0.398 e. The topological polar surface area (TPSA) is 55.1 Å². The van der Waals surface area contributed by atoms with Crippen molar-refractivity contribution in [3.05, 3.63) is 29.8 Å². The quantitative estimate of drug-likeness (QED) is 0.836. The first kappa shape index (κ1) is 15.8. The van der Waals surface area contributed by atoms with Crippen molar-refractivity contribution < 1.29 is 4.79 Å². The Bertz CT molecular complexity index is 422. The lowest BCUT2D eigenvalue weighted by Crippen LogP contribution is -2.33. The number of amides is 1. The molecule has 1 aliphatic rings. The lowest BCUT2D eigenvalue weighted by Gasteiger charge is -2.28. The molecule has 1 amide bonds. The molecule has 3 N–H and O–H groups in total. The van der Waals surface area contributed by atoms with Crippen LogP contribution in [-0.4, -0.2) is 12.5 Å². The molecule has 2 atom stereocenters. The highest BCUT2D eigenvalue weighted by atomic mass is 35.5. The zero-order valence-electron chi connectivity index (χ0n) is 11.4. The lowest BCUT2D eigenvalue weighted by molar-refractivity contribution is 0.0937. The minimum atomic E-state index is -0.0501. The predicted octanol–water partition coefficient (Wildman–Crippen LogP) is 3.25. The number of nitrogens with one attached hydrogen (secondary N) is 1. The van der Waals surface area contributed by atoms with E-state index >= 15 is 0 Å². The molecule has 0 heterocycles. The first-order chi connectivity index (χ1) is 8.68. The fourth-order valence-electron chi connectivity index (χ4n) is 2.72. The molecule has 0 aliphatic heterocycles.